The number of aryl methyl sites for hydroxylation is 2. The molecule has 2 heterocycles. The molecule has 3 nitrogen and oxygen atoms in total. The monoisotopic (exact) mass is 320 g/mol. The Morgan fingerprint density at radius 1 is 1.59 bits per heavy atom. The van der Waals surface area contributed by atoms with Crippen molar-refractivity contribution in [2.45, 2.75) is 26.2 Å². The molecule has 0 N–H and O–H groups in total. The van der Waals surface area contributed by atoms with Crippen LogP contribution in [0.15, 0.2) is 0 Å². The Hall–Kier alpha value is -0.0600. The quantitative estimate of drug-likeness (QED) is 0.800. The molecule has 0 radical (unpaired) electrons. The molecule has 1 aromatic rings. The molecule has 1 fully saturated rings. The fraction of sp³-hybridized carbons (Fsp3) is 0.750. The molecule has 0 aromatic carbocycles. The van der Waals surface area contributed by atoms with Crippen LogP contribution in [0.25, 0.3) is 0 Å². The van der Waals surface area contributed by atoms with Gasteiger partial charge >= 0.3 is 0 Å². The second-order valence-corrected chi connectivity index (χ2v) is 5.86. The van der Waals surface area contributed by atoms with Crippen molar-refractivity contribution in [1.82, 2.24) is 9.78 Å². The van der Waals surface area contributed by atoms with Gasteiger partial charge in [0.1, 0.15) is 5.15 Å². The zero-order chi connectivity index (χ0) is 12.5. The molecule has 96 valence electrons. The molecule has 2 rings (SSSR count). The molecule has 0 aliphatic carbocycles. The van der Waals surface area contributed by atoms with Gasteiger partial charge in [-0.25, -0.2) is 0 Å². The third-order valence-electron chi connectivity index (χ3n) is 3.51. The van der Waals surface area contributed by atoms with Gasteiger partial charge in [0.05, 0.1) is 12.3 Å². The average molecular weight is 322 g/mol. The molecule has 1 unspecified atom stereocenters. The van der Waals surface area contributed by atoms with E-state index in [9.17, 15) is 0 Å². The number of ether oxygens (including phenoxy) is 1. The van der Waals surface area contributed by atoms with Crippen LogP contribution in [0.5, 0.6) is 0 Å². The minimum atomic E-state index is 0.176. The van der Waals surface area contributed by atoms with E-state index >= 15 is 0 Å². The van der Waals surface area contributed by atoms with Crippen molar-refractivity contribution in [1.29, 1.82) is 0 Å². The molecule has 5 heteroatoms. The van der Waals surface area contributed by atoms with Crippen LogP contribution in [0, 0.1) is 12.3 Å². The van der Waals surface area contributed by atoms with E-state index in [2.05, 4.69) is 21.0 Å². The number of hydrogen-bond donors (Lipinski definition) is 0. The van der Waals surface area contributed by atoms with E-state index in [-0.39, 0.29) is 5.41 Å². The van der Waals surface area contributed by atoms with Gasteiger partial charge in [0.15, 0.2) is 0 Å². The SMILES string of the molecule is Cc1nn(C)c(Cl)c1CC1(CBr)CCCOC1. The lowest BCUT2D eigenvalue weighted by Gasteiger charge is -2.35. The van der Waals surface area contributed by atoms with Crippen molar-refractivity contribution in [3.8, 4) is 0 Å². The first-order valence-electron chi connectivity index (χ1n) is 5.90. The van der Waals surface area contributed by atoms with Gasteiger partial charge in [-0.15, -0.1) is 0 Å². The summed E-state index contributed by atoms with van der Waals surface area (Å²) in [6.45, 7) is 3.71. The second-order valence-electron chi connectivity index (χ2n) is 4.94. The van der Waals surface area contributed by atoms with Crippen molar-refractivity contribution in [2.24, 2.45) is 12.5 Å². The summed E-state index contributed by atoms with van der Waals surface area (Å²) in [5.41, 5.74) is 2.37. The summed E-state index contributed by atoms with van der Waals surface area (Å²) in [7, 11) is 1.89. The summed E-state index contributed by atoms with van der Waals surface area (Å²) >= 11 is 9.93. The maximum atomic E-state index is 6.30. The third kappa shape index (κ3) is 2.69. The Labute approximate surface area is 116 Å². The van der Waals surface area contributed by atoms with E-state index in [0.717, 1.165) is 42.2 Å². The van der Waals surface area contributed by atoms with Gasteiger partial charge in [0, 0.05) is 30.0 Å². The van der Waals surface area contributed by atoms with E-state index in [4.69, 9.17) is 16.3 Å². The fourth-order valence-corrected chi connectivity index (χ4v) is 3.33. The number of alkyl halides is 1. The summed E-state index contributed by atoms with van der Waals surface area (Å²) in [6.07, 6.45) is 3.25. The van der Waals surface area contributed by atoms with Crippen molar-refractivity contribution in [3.05, 3.63) is 16.4 Å². The Morgan fingerprint density at radius 2 is 2.35 bits per heavy atom. The highest BCUT2D eigenvalue weighted by atomic mass is 79.9. The maximum Gasteiger partial charge on any atom is 0.130 e. The lowest BCUT2D eigenvalue weighted by molar-refractivity contribution is 0.00609. The standard InChI is InChI=1S/C12H18BrClN2O/c1-9-10(11(14)16(2)15-9)6-12(7-13)4-3-5-17-8-12/h3-8H2,1-2H3. The molecule has 0 amide bonds. The van der Waals surface area contributed by atoms with Crippen LogP contribution in [0.2, 0.25) is 5.15 Å². The van der Waals surface area contributed by atoms with Gasteiger partial charge in [-0.3, -0.25) is 4.68 Å². The molecule has 1 atom stereocenters. The predicted molar refractivity (Wildman–Crippen MR) is 72.9 cm³/mol. The zero-order valence-corrected chi connectivity index (χ0v) is 12.6. The first kappa shape index (κ1) is 13.4. The van der Waals surface area contributed by atoms with E-state index in [1.165, 1.54) is 12.0 Å². The van der Waals surface area contributed by atoms with Gasteiger partial charge < -0.3 is 4.74 Å². The molecule has 0 spiro atoms. The molecular formula is C12H18BrClN2O. The van der Waals surface area contributed by atoms with Gasteiger partial charge in [0.2, 0.25) is 0 Å². The number of hydrogen-bond acceptors (Lipinski definition) is 2. The predicted octanol–water partition coefficient (Wildman–Crippen LogP) is 3.12. The maximum absolute atomic E-state index is 6.30. The first-order chi connectivity index (χ1) is 8.08. The van der Waals surface area contributed by atoms with Gasteiger partial charge in [-0.05, 0) is 26.2 Å². The Kier molecular flexibility index (Phi) is 4.16. The molecule has 0 bridgehead atoms. The second kappa shape index (κ2) is 5.29. The Bertz CT molecular complexity index is 399. The van der Waals surface area contributed by atoms with Crippen molar-refractivity contribution in [3.63, 3.8) is 0 Å². The van der Waals surface area contributed by atoms with Crippen LogP contribution >= 0.6 is 27.5 Å². The summed E-state index contributed by atoms with van der Waals surface area (Å²) in [5.74, 6) is 0. The zero-order valence-electron chi connectivity index (χ0n) is 10.3. The van der Waals surface area contributed by atoms with Gasteiger partial charge in [0.25, 0.3) is 0 Å². The third-order valence-corrected chi connectivity index (χ3v) is 5.17. The fourth-order valence-electron chi connectivity index (χ4n) is 2.45. The van der Waals surface area contributed by atoms with Gasteiger partial charge in [-0.1, -0.05) is 27.5 Å². The largest absolute Gasteiger partial charge is 0.381 e. The minimum absolute atomic E-state index is 0.176. The summed E-state index contributed by atoms with van der Waals surface area (Å²) in [6, 6.07) is 0. The minimum Gasteiger partial charge on any atom is -0.381 e. The van der Waals surface area contributed by atoms with Crippen LogP contribution in [0.4, 0.5) is 0 Å². The molecule has 1 saturated heterocycles. The summed E-state index contributed by atoms with van der Waals surface area (Å²) in [4.78, 5) is 0. The van der Waals surface area contributed by atoms with E-state index in [0.29, 0.717) is 0 Å². The summed E-state index contributed by atoms with van der Waals surface area (Å²) < 4.78 is 7.38. The molecule has 1 aromatic heterocycles. The normalized spacial score (nSPS) is 25.2. The number of nitrogens with zero attached hydrogens (tertiary/aromatic N) is 2. The van der Waals surface area contributed by atoms with Crippen molar-refractivity contribution < 1.29 is 4.74 Å². The van der Waals surface area contributed by atoms with Crippen molar-refractivity contribution in [2.75, 3.05) is 18.5 Å². The Balaban J connectivity index is 2.23. The highest BCUT2D eigenvalue weighted by Gasteiger charge is 2.34. The molecule has 17 heavy (non-hydrogen) atoms. The number of rotatable bonds is 3. The first-order valence-corrected chi connectivity index (χ1v) is 7.40. The van der Waals surface area contributed by atoms with Crippen molar-refractivity contribution >= 4 is 27.5 Å². The van der Waals surface area contributed by atoms with E-state index in [1.54, 1.807) is 4.68 Å². The average Bonchev–Trinajstić information content (AvgIpc) is 2.57. The van der Waals surface area contributed by atoms with Crippen LogP contribution in [-0.4, -0.2) is 28.3 Å². The van der Waals surface area contributed by atoms with Crippen LogP contribution in [-0.2, 0) is 18.2 Å². The van der Waals surface area contributed by atoms with E-state index in [1.807, 2.05) is 14.0 Å². The van der Waals surface area contributed by atoms with E-state index < -0.39 is 0 Å². The highest BCUT2D eigenvalue weighted by molar-refractivity contribution is 9.09. The summed E-state index contributed by atoms with van der Waals surface area (Å²) in [5, 5.41) is 6.08. The smallest absolute Gasteiger partial charge is 0.130 e. The van der Waals surface area contributed by atoms with Crippen LogP contribution < -0.4 is 0 Å². The van der Waals surface area contributed by atoms with Crippen LogP contribution in [0.3, 0.4) is 0 Å². The lowest BCUT2D eigenvalue weighted by atomic mass is 9.79. The Morgan fingerprint density at radius 3 is 2.82 bits per heavy atom. The molecule has 1 aliphatic heterocycles. The molecular weight excluding hydrogens is 304 g/mol. The number of aromatic nitrogens is 2. The highest BCUT2D eigenvalue weighted by Crippen LogP contribution is 2.36. The topological polar surface area (TPSA) is 27.1 Å². The van der Waals surface area contributed by atoms with Crippen LogP contribution in [0.1, 0.15) is 24.1 Å². The van der Waals surface area contributed by atoms with Gasteiger partial charge in [-0.2, -0.15) is 5.10 Å². The molecule has 0 saturated carbocycles. The lowest BCUT2D eigenvalue weighted by Crippen LogP contribution is -2.35. The number of halogens is 2. The molecule has 1 aliphatic rings.